The summed E-state index contributed by atoms with van der Waals surface area (Å²) in [5, 5.41) is 6.82. The van der Waals surface area contributed by atoms with E-state index in [-0.39, 0.29) is 24.0 Å². The van der Waals surface area contributed by atoms with Crippen LogP contribution in [0.1, 0.15) is 31.4 Å². The van der Waals surface area contributed by atoms with Gasteiger partial charge < -0.3 is 15.5 Å². The second kappa shape index (κ2) is 11.7. The van der Waals surface area contributed by atoms with Crippen molar-refractivity contribution < 1.29 is 0 Å². The van der Waals surface area contributed by atoms with Gasteiger partial charge in [-0.05, 0) is 38.9 Å². The van der Waals surface area contributed by atoms with Crippen LogP contribution in [0.4, 0.5) is 0 Å². The average molecular weight is 432 g/mol. The van der Waals surface area contributed by atoms with Gasteiger partial charge in [0.05, 0.1) is 0 Å². The van der Waals surface area contributed by atoms with E-state index in [4.69, 9.17) is 0 Å². The van der Waals surface area contributed by atoms with Gasteiger partial charge >= 0.3 is 0 Å². The van der Waals surface area contributed by atoms with Crippen LogP contribution >= 0.6 is 24.0 Å². The fourth-order valence-electron chi connectivity index (χ4n) is 2.46. The zero-order chi connectivity index (χ0) is 16.5. The SMILES string of the molecule is CN=C(NCc1cccc(C)c1)NCC(CC(C)C)N(C)C.I. The molecule has 0 radical (unpaired) electrons. The molecule has 0 aliphatic rings. The van der Waals surface area contributed by atoms with E-state index in [9.17, 15) is 0 Å². The largest absolute Gasteiger partial charge is 0.355 e. The normalized spacial score (nSPS) is 13.0. The third kappa shape index (κ3) is 9.15. The van der Waals surface area contributed by atoms with Gasteiger partial charge in [0, 0.05) is 26.2 Å². The molecular formula is C18H33IN4. The molecule has 0 aliphatic carbocycles. The van der Waals surface area contributed by atoms with Crippen molar-refractivity contribution >= 4 is 29.9 Å². The molecule has 1 rings (SSSR count). The molecule has 0 saturated heterocycles. The highest BCUT2D eigenvalue weighted by Crippen LogP contribution is 2.08. The smallest absolute Gasteiger partial charge is 0.191 e. The van der Waals surface area contributed by atoms with Gasteiger partial charge in [0.25, 0.3) is 0 Å². The molecule has 5 heteroatoms. The summed E-state index contributed by atoms with van der Waals surface area (Å²) in [6.45, 7) is 8.34. The van der Waals surface area contributed by atoms with Gasteiger partial charge in [-0.2, -0.15) is 0 Å². The number of nitrogens with one attached hydrogen (secondary N) is 2. The lowest BCUT2D eigenvalue weighted by Gasteiger charge is -2.27. The summed E-state index contributed by atoms with van der Waals surface area (Å²) in [4.78, 5) is 6.59. The molecule has 23 heavy (non-hydrogen) atoms. The Morgan fingerprint density at radius 1 is 1.22 bits per heavy atom. The van der Waals surface area contributed by atoms with Gasteiger partial charge in [-0.1, -0.05) is 43.7 Å². The Morgan fingerprint density at radius 2 is 1.91 bits per heavy atom. The van der Waals surface area contributed by atoms with Gasteiger partial charge in [-0.3, -0.25) is 4.99 Å². The minimum absolute atomic E-state index is 0. The maximum atomic E-state index is 4.31. The van der Waals surface area contributed by atoms with E-state index in [1.54, 1.807) is 0 Å². The summed E-state index contributed by atoms with van der Waals surface area (Å²) >= 11 is 0. The number of nitrogens with zero attached hydrogens (tertiary/aromatic N) is 2. The highest BCUT2D eigenvalue weighted by Gasteiger charge is 2.13. The predicted octanol–water partition coefficient (Wildman–Crippen LogP) is 3.25. The molecular weight excluding hydrogens is 399 g/mol. The molecule has 0 aliphatic heterocycles. The lowest BCUT2D eigenvalue weighted by Crippen LogP contribution is -2.45. The van der Waals surface area contributed by atoms with Crippen LogP contribution in [-0.2, 0) is 6.54 Å². The summed E-state index contributed by atoms with van der Waals surface area (Å²) in [5.41, 5.74) is 2.56. The number of hydrogen-bond acceptors (Lipinski definition) is 2. The first kappa shape index (κ1) is 22.2. The van der Waals surface area contributed by atoms with E-state index < -0.39 is 0 Å². The Hall–Kier alpha value is -0.820. The Kier molecular flexibility index (Phi) is 11.3. The number of halogens is 1. The number of hydrogen-bond donors (Lipinski definition) is 2. The molecule has 0 aromatic heterocycles. The number of aliphatic imine (C=N–C) groups is 1. The van der Waals surface area contributed by atoms with Crippen molar-refractivity contribution in [1.82, 2.24) is 15.5 Å². The maximum absolute atomic E-state index is 4.31. The number of aryl methyl sites for hydroxylation is 1. The number of likely N-dealkylation sites (N-methyl/N-ethyl adjacent to an activating group) is 1. The first-order valence-corrected chi connectivity index (χ1v) is 8.08. The molecule has 132 valence electrons. The van der Waals surface area contributed by atoms with Crippen LogP contribution in [0.2, 0.25) is 0 Å². The lowest BCUT2D eigenvalue weighted by molar-refractivity contribution is 0.254. The third-order valence-electron chi connectivity index (χ3n) is 3.74. The third-order valence-corrected chi connectivity index (χ3v) is 3.74. The van der Waals surface area contributed by atoms with Crippen molar-refractivity contribution in [3.8, 4) is 0 Å². The first-order chi connectivity index (χ1) is 10.4. The second-order valence-corrected chi connectivity index (χ2v) is 6.54. The molecule has 1 atom stereocenters. The number of rotatable bonds is 7. The molecule has 1 unspecified atom stereocenters. The fourth-order valence-corrected chi connectivity index (χ4v) is 2.46. The Balaban J connectivity index is 0.00000484. The van der Waals surface area contributed by atoms with Crippen LogP contribution in [0.3, 0.4) is 0 Å². The van der Waals surface area contributed by atoms with Crippen molar-refractivity contribution in [2.24, 2.45) is 10.9 Å². The van der Waals surface area contributed by atoms with Gasteiger partial charge in [0.15, 0.2) is 5.96 Å². The van der Waals surface area contributed by atoms with Crippen molar-refractivity contribution in [2.75, 3.05) is 27.7 Å². The van der Waals surface area contributed by atoms with Crippen molar-refractivity contribution in [3.63, 3.8) is 0 Å². The second-order valence-electron chi connectivity index (χ2n) is 6.54. The highest BCUT2D eigenvalue weighted by atomic mass is 127. The molecule has 1 aromatic rings. The van der Waals surface area contributed by atoms with Crippen molar-refractivity contribution in [1.29, 1.82) is 0 Å². The Morgan fingerprint density at radius 3 is 2.43 bits per heavy atom. The molecule has 0 amide bonds. The molecule has 0 saturated carbocycles. The van der Waals surface area contributed by atoms with Gasteiger partial charge in [-0.15, -0.1) is 24.0 Å². The van der Waals surface area contributed by atoms with E-state index in [2.05, 4.69) is 79.7 Å². The van der Waals surface area contributed by atoms with Crippen LogP contribution in [-0.4, -0.2) is 44.6 Å². The van der Waals surface area contributed by atoms with E-state index >= 15 is 0 Å². The zero-order valence-electron chi connectivity index (χ0n) is 15.4. The standard InChI is InChI=1S/C18H32N4.HI/c1-14(2)10-17(22(5)6)13-21-18(19-4)20-12-16-9-7-8-15(3)11-16;/h7-9,11,14,17H,10,12-13H2,1-6H3,(H2,19,20,21);1H. The molecule has 4 nitrogen and oxygen atoms in total. The molecule has 0 heterocycles. The van der Waals surface area contributed by atoms with Crippen LogP contribution in [0.25, 0.3) is 0 Å². The minimum atomic E-state index is 0. The molecule has 0 fully saturated rings. The number of benzene rings is 1. The van der Waals surface area contributed by atoms with Crippen LogP contribution in [0, 0.1) is 12.8 Å². The maximum Gasteiger partial charge on any atom is 0.191 e. The molecule has 0 spiro atoms. The van der Waals surface area contributed by atoms with Crippen molar-refractivity contribution in [3.05, 3.63) is 35.4 Å². The van der Waals surface area contributed by atoms with Gasteiger partial charge in [0.2, 0.25) is 0 Å². The van der Waals surface area contributed by atoms with Crippen LogP contribution in [0.15, 0.2) is 29.3 Å². The summed E-state index contributed by atoms with van der Waals surface area (Å²) in [7, 11) is 6.09. The predicted molar refractivity (Wildman–Crippen MR) is 112 cm³/mol. The number of guanidine groups is 1. The van der Waals surface area contributed by atoms with Crippen LogP contribution in [0.5, 0.6) is 0 Å². The zero-order valence-corrected chi connectivity index (χ0v) is 17.7. The van der Waals surface area contributed by atoms with Gasteiger partial charge in [0.1, 0.15) is 0 Å². The van der Waals surface area contributed by atoms with E-state index in [1.165, 1.54) is 17.5 Å². The minimum Gasteiger partial charge on any atom is -0.355 e. The summed E-state index contributed by atoms with van der Waals surface area (Å²) < 4.78 is 0. The fraction of sp³-hybridized carbons (Fsp3) is 0.611. The summed E-state index contributed by atoms with van der Waals surface area (Å²) in [6, 6.07) is 9.05. The topological polar surface area (TPSA) is 39.7 Å². The van der Waals surface area contributed by atoms with E-state index in [1.807, 2.05) is 7.05 Å². The van der Waals surface area contributed by atoms with Gasteiger partial charge in [-0.25, -0.2) is 0 Å². The Bertz CT molecular complexity index is 472. The lowest BCUT2D eigenvalue weighted by atomic mass is 10.0. The quantitative estimate of drug-likeness (QED) is 0.395. The summed E-state index contributed by atoms with van der Waals surface area (Å²) in [5.74, 6) is 1.55. The van der Waals surface area contributed by atoms with Crippen LogP contribution < -0.4 is 10.6 Å². The first-order valence-electron chi connectivity index (χ1n) is 8.08. The Labute approximate surface area is 159 Å². The van der Waals surface area contributed by atoms with Crippen molar-refractivity contribution in [2.45, 2.75) is 39.8 Å². The van der Waals surface area contributed by atoms with E-state index in [0.29, 0.717) is 12.0 Å². The summed E-state index contributed by atoms with van der Waals surface area (Å²) in [6.07, 6.45) is 1.18. The van der Waals surface area contributed by atoms with E-state index in [0.717, 1.165) is 19.0 Å². The molecule has 0 bridgehead atoms. The molecule has 2 N–H and O–H groups in total. The molecule has 1 aromatic carbocycles. The average Bonchev–Trinajstić information content (AvgIpc) is 2.45. The monoisotopic (exact) mass is 432 g/mol. The highest BCUT2D eigenvalue weighted by molar-refractivity contribution is 14.0.